The molecule has 33 heavy (non-hydrogen) atoms. The number of carbonyl (C=O) groups is 1. The zero-order chi connectivity index (χ0) is 24.1. The number of nitrogens with zero attached hydrogens (tertiary/aromatic N) is 1. The van der Waals surface area contributed by atoms with E-state index in [1.807, 2.05) is 0 Å². The van der Waals surface area contributed by atoms with Gasteiger partial charge >= 0.3 is 18.6 Å². The van der Waals surface area contributed by atoms with Crippen LogP contribution in [0, 0.1) is 0 Å². The molecule has 2 aromatic rings. The standard InChI is InChI=1S/C22H21F6NO4/c23-21(24,25)16-6-8-18(9-7-16)33-19-12-17(10-11-32-22(26,27)28)29(13-19)20(30)31-14-15-4-2-1-3-5-15/h1-9,17,19H,10-14H2/t17-,19+/m1/s1. The lowest BCUT2D eigenvalue weighted by molar-refractivity contribution is -0.325. The van der Waals surface area contributed by atoms with Gasteiger partial charge in [0, 0.05) is 12.5 Å². The smallest absolute Gasteiger partial charge is 0.489 e. The molecule has 11 heteroatoms. The van der Waals surface area contributed by atoms with Crippen molar-refractivity contribution in [3.05, 3.63) is 65.7 Å². The van der Waals surface area contributed by atoms with Crippen LogP contribution in [0.5, 0.6) is 5.75 Å². The molecule has 0 radical (unpaired) electrons. The molecule has 1 fully saturated rings. The van der Waals surface area contributed by atoms with Gasteiger partial charge in [-0.25, -0.2) is 4.79 Å². The van der Waals surface area contributed by atoms with Gasteiger partial charge in [0.05, 0.1) is 18.7 Å². The molecule has 0 aliphatic carbocycles. The highest BCUT2D eigenvalue weighted by molar-refractivity contribution is 5.68. The van der Waals surface area contributed by atoms with Crippen LogP contribution in [0.15, 0.2) is 54.6 Å². The number of rotatable bonds is 7. The van der Waals surface area contributed by atoms with E-state index in [0.29, 0.717) is 0 Å². The second kappa shape index (κ2) is 10.3. The van der Waals surface area contributed by atoms with E-state index in [2.05, 4.69) is 4.74 Å². The van der Waals surface area contributed by atoms with Gasteiger partial charge in [0.15, 0.2) is 0 Å². The van der Waals surface area contributed by atoms with Crippen LogP contribution in [-0.4, -0.2) is 42.7 Å². The lowest BCUT2D eigenvalue weighted by Gasteiger charge is -2.23. The van der Waals surface area contributed by atoms with Crippen molar-refractivity contribution >= 4 is 6.09 Å². The van der Waals surface area contributed by atoms with Crippen LogP contribution in [0.25, 0.3) is 0 Å². The number of halogens is 6. The van der Waals surface area contributed by atoms with Crippen molar-refractivity contribution in [2.24, 2.45) is 0 Å². The Bertz CT molecular complexity index is 902. The fraction of sp³-hybridized carbons (Fsp3) is 0.409. The predicted octanol–water partition coefficient (Wildman–Crippen LogP) is 5.79. The maximum atomic E-state index is 12.7. The SMILES string of the molecule is O=C(OCc1ccccc1)N1C[C@@H](Oc2ccc(C(F)(F)F)cc2)C[C@H]1CCOC(F)(F)F. The van der Waals surface area contributed by atoms with Crippen molar-refractivity contribution in [2.45, 2.75) is 44.1 Å². The first kappa shape index (κ1) is 24.7. The minimum absolute atomic E-state index is 0.00529. The Morgan fingerprint density at radius 3 is 2.24 bits per heavy atom. The average molecular weight is 477 g/mol. The molecule has 2 aromatic carbocycles. The third-order valence-electron chi connectivity index (χ3n) is 5.02. The van der Waals surface area contributed by atoms with Gasteiger partial charge in [-0.3, -0.25) is 4.74 Å². The maximum absolute atomic E-state index is 12.7. The Kier molecular flexibility index (Phi) is 7.72. The number of likely N-dealkylation sites (tertiary alicyclic amines) is 1. The van der Waals surface area contributed by atoms with Gasteiger partial charge < -0.3 is 14.4 Å². The van der Waals surface area contributed by atoms with E-state index in [1.54, 1.807) is 30.3 Å². The Hall–Kier alpha value is -2.95. The second-order valence-electron chi connectivity index (χ2n) is 7.43. The van der Waals surface area contributed by atoms with Gasteiger partial charge in [0.1, 0.15) is 18.5 Å². The van der Waals surface area contributed by atoms with Crippen LogP contribution in [0.3, 0.4) is 0 Å². The summed E-state index contributed by atoms with van der Waals surface area (Å²) in [6, 6.07) is 12.2. The van der Waals surface area contributed by atoms with E-state index < -0.39 is 42.9 Å². The molecule has 1 heterocycles. The van der Waals surface area contributed by atoms with Crippen molar-refractivity contribution < 1.29 is 45.3 Å². The minimum Gasteiger partial charge on any atom is -0.489 e. The molecule has 1 saturated heterocycles. The van der Waals surface area contributed by atoms with E-state index in [9.17, 15) is 31.1 Å². The van der Waals surface area contributed by atoms with E-state index >= 15 is 0 Å². The van der Waals surface area contributed by atoms with Crippen LogP contribution in [0.1, 0.15) is 24.0 Å². The summed E-state index contributed by atoms with van der Waals surface area (Å²) in [4.78, 5) is 13.9. The van der Waals surface area contributed by atoms with Crippen molar-refractivity contribution in [1.29, 1.82) is 0 Å². The average Bonchev–Trinajstić information content (AvgIpc) is 3.14. The van der Waals surface area contributed by atoms with E-state index in [4.69, 9.17) is 9.47 Å². The lowest BCUT2D eigenvalue weighted by Crippen LogP contribution is -2.37. The molecular weight excluding hydrogens is 456 g/mol. The summed E-state index contributed by atoms with van der Waals surface area (Å²) < 4.78 is 90.0. The van der Waals surface area contributed by atoms with Crippen molar-refractivity contribution in [2.75, 3.05) is 13.2 Å². The van der Waals surface area contributed by atoms with Gasteiger partial charge in [-0.15, -0.1) is 13.2 Å². The van der Waals surface area contributed by atoms with Crippen LogP contribution >= 0.6 is 0 Å². The van der Waals surface area contributed by atoms with Crippen molar-refractivity contribution in [1.82, 2.24) is 4.90 Å². The topological polar surface area (TPSA) is 48.0 Å². The molecule has 1 aliphatic rings. The number of alkyl halides is 6. The minimum atomic E-state index is -4.80. The summed E-state index contributed by atoms with van der Waals surface area (Å²) in [6.07, 6.45) is -10.6. The highest BCUT2D eigenvalue weighted by atomic mass is 19.4. The summed E-state index contributed by atoms with van der Waals surface area (Å²) in [5.74, 6) is 0.151. The quantitative estimate of drug-likeness (QED) is 0.474. The molecule has 0 N–H and O–H groups in total. The summed E-state index contributed by atoms with van der Waals surface area (Å²) in [6.45, 7) is -0.679. The van der Waals surface area contributed by atoms with Gasteiger partial charge in [-0.2, -0.15) is 13.2 Å². The molecule has 3 rings (SSSR count). The van der Waals surface area contributed by atoms with Gasteiger partial charge in [-0.1, -0.05) is 30.3 Å². The van der Waals surface area contributed by atoms with Gasteiger partial charge in [0.25, 0.3) is 0 Å². The molecule has 1 amide bonds. The molecule has 0 saturated carbocycles. The number of carbonyl (C=O) groups excluding carboxylic acids is 1. The molecule has 2 atom stereocenters. The number of benzene rings is 2. The van der Waals surface area contributed by atoms with Crippen molar-refractivity contribution in [3.63, 3.8) is 0 Å². The van der Waals surface area contributed by atoms with Crippen molar-refractivity contribution in [3.8, 4) is 5.75 Å². The molecule has 0 unspecified atom stereocenters. The zero-order valence-electron chi connectivity index (χ0n) is 17.2. The second-order valence-corrected chi connectivity index (χ2v) is 7.43. The summed E-state index contributed by atoms with van der Waals surface area (Å²) in [5.41, 5.74) is -0.103. The Morgan fingerprint density at radius 1 is 0.970 bits per heavy atom. The summed E-state index contributed by atoms with van der Waals surface area (Å²) in [7, 11) is 0. The third-order valence-corrected chi connectivity index (χ3v) is 5.02. The Balaban J connectivity index is 1.63. The molecular formula is C22H21F6NO4. The maximum Gasteiger partial charge on any atom is 0.522 e. The summed E-state index contributed by atoms with van der Waals surface area (Å²) in [5, 5.41) is 0. The number of hydrogen-bond donors (Lipinski definition) is 0. The van der Waals surface area contributed by atoms with Gasteiger partial charge in [-0.05, 0) is 36.2 Å². The highest BCUT2D eigenvalue weighted by Crippen LogP contribution is 2.32. The van der Waals surface area contributed by atoms with Gasteiger partial charge in [0.2, 0.25) is 0 Å². The molecule has 0 spiro atoms. The first-order valence-corrected chi connectivity index (χ1v) is 10.0. The fourth-order valence-electron chi connectivity index (χ4n) is 3.48. The monoisotopic (exact) mass is 477 g/mol. The van der Waals surface area contributed by atoms with Crippen LogP contribution in [0.2, 0.25) is 0 Å². The molecule has 5 nitrogen and oxygen atoms in total. The number of hydrogen-bond acceptors (Lipinski definition) is 4. The van der Waals surface area contributed by atoms with E-state index in [1.165, 1.54) is 4.90 Å². The van der Waals surface area contributed by atoms with Crippen LogP contribution in [0.4, 0.5) is 31.1 Å². The molecule has 0 aromatic heterocycles. The first-order valence-electron chi connectivity index (χ1n) is 10.0. The third kappa shape index (κ3) is 7.55. The van der Waals surface area contributed by atoms with E-state index in [0.717, 1.165) is 29.8 Å². The highest BCUT2D eigenvalue weighted by Gasteiger charge is 2.38. The largest absolute Gasteiger partial charge is 0.522 e. The Morgan fingerprint density at radius 2 is 1.64 bits per heavy atom. The molecule has 0 bridgehead atoms. The fourth-order valence-corrected chi connectivity index (χ4v) is 3.48. The number of ether oxygens (including phenoxy) is 3. The normalized spacial score (nSPS) is 18.9. The van der Waals surface area contributed by atoms with E-state index in [-0.39, 0.29) is 31.7 Å². The van der Waals surface area contributed by atoms with Crippen LogP contribution in [-0.2, 0) is 22.3 Å². The lowest BCUT2D eigenvalue weighted by atomic mass is 10.1. The Labute approximate surface area is 185 Å². The predicted molar refractivity (Wildman–Crippen MR) is 104 cm³/mol. The molecule has 1 aliphatic heterocycles. The molecule has 180 valence electrons. The zero-order valence-corrected chi connectivity index (χ0v) is 17.2. The summed E-state index contributed by atoms with van der Waals surface area (Å²) >= 11 is 0. The number of amides is 1. The van der Waals surface area contributed by atoms with Crippen LogP contribution < -0.4 is 4.74 Å². The first-order chi connectivity index (χ1) is 15.5.